The molecule has 3 rings (SSSR count). The monoisotopic (exact) mass is 420 g/mol. The lowest BCUT2D eigenvalue weighted by Crippen LogP contribution is -2.24. The van der Waals surface area contributed by atoms with E-state index in [2.05, 4.69) is 31.3 Å². The standard InChI is InChI=1S/C24H24N2O5/c1-24(2,3)18-8-12-19(13-9-18)30-16-22(27)26-25-15-17-6-10-20(11-7-17)31-23(28)21-5-4-14-29-21/h4-15H,16H2,1-3H3,(H,26,27). The van der Waals surface area contributed by atoms with Crippen molar-refractivity contribution in [3.05, 3.63) is 83.8 Å². The Kier molecular flexibility index (Phi) is 6.87. The van der Waals surface area contributed by atoms with Crippen molar-refractivity contribution in [3.8, 4) is 11.5 Å². The number of hydrogen-bond acceptors (Lipinski definition) is 6. The minimum absolute atomic E-state index is 0.0594. The van der Waals surface area contributed by atoms with Crippen molar-refractivity contribution in [2.45, 2.75) is 26.2 Å². The molecule has 0 aliphatic heterocycles. The van der Waals surface area contributed by atoms with Gasteiger partial charge in [0, 0.05) is 0 Å². The highest BCUT2D eigenvalue weighted by Crippen LogP contribution is 2.24. The van der Waals surface area contributed by atoms with Crippen molar-refractivity contribution in [1.29, 1.82) is 0 Å². The predicted octanol–water partition coefficient (Wildman–Crippen LogP) is 4.33. The van der Waals surface area contributed by atoms with Crippen LogP contribution in [0.15, 0.2) is 76.4 Å². The van der Waals surface area contributed by atoms with Crippen LogP contribution in [0, 0.1) is 0 Å². The molecule has 0 aliphatic rings. The molecule has 0 aliphatic carbocycles. The molecule has 0 fully saturated rings. The van der Waals surface area contributed by atoms with Crippen LogP contribution in [0.25, 0.3) is 0 Å². The minimum atomic E-state index is -0.577. The maximum atomic E-state index is 11.9. The second kappa shape index (κ2) is 9.75. The van der Waals surface area contributed by atoms with Crippen LogP contribution in [0.1, 0.15) is 42.5 Å². The summed E-state index contributed by atoms with van der Waals surface area (Å²) in [6.45, 7) is 6.26. The number of hydrazone groups is 1. The van der Waals surface area contributed by atoms with Gasteiger partial charge in [-0.1, -0.05) is 32.9 Å². The van der Waals surface area contributed by atoms with E-state index in [1.54, 1.807) is 30.3 Å². The summed E-state index contributed by atoms with van der Waals surface area (Å²) in [6.07, 6.45) is 2.88. The van der Waals surface area contributed by atoms with Gasteiger partial charge in [-0.3, -0.25) is 4.79 Å². The van der Waals surface area contributed by atoms with Crippen LogP contribution in [0.3, 0.4) is 0 Å². The van der Waals surface area contributed by atoms with Crippen molar-refractivity contribution in [2.75, 3.05) is 6.61 Å². The summed E-state index contributed by atoms with van der Waals surface area (Å²) in [4.78, 5) is 23.7. The van der Waals surface area contributed by atoms with Gasteiger partial charge in [0.1, 0.15) is 11.5 Å². The Labute approximate surface area is 180 Å². The van der Waals surface area contributed by atoms with Gasteiger partial charge in [0.15, 0.2) is 6.61 Å². The number of nitrogens with zero attached hydrogens (tertiary/aromatic N) is 1. The first-order valence-corrected chi connectivity index (χ1v) is 9.72. The van der Waals surface area contributed by atoms with Crippen LogP contribution >= 0.6 is 0 Å². The lowest BCUT2D eigenvalue weighted by Gasteiger charge is -2.19. The van der Waals surface area contributed by atoms with Crippen molar-refractivity contribution >= 4 is 18.1 Å². The number of amides is 1. The van der Waals surface area contributed by atoms with Crippen molar-refractivity contribution < 1.29 is 23.5 Å². The number of carbonyl (C=O) groups is 2. The molecule has 2 aromatic carbocycles. The summed E-state index contributed by atoms with van der Waals surface area (Å²) in [5.74, 6) is 0.160. The van der Waals surface area contributed by atoms with E-state index in [0.29, 0.717) is 11.5 Å². The Hall–Kier alpha value is -3.87. The van der Waals surface area contributed by atoms with Crippen LogP contribution in [-0.2, 0) is 10.2 Å². The lowest BCUT2D eigenvalue weighted by molar-refractivity contribution is -0.123. The summed E-state index contributed by atoms with van der Waals surface area (Å²) < 4.78 is 15.7. The molecule has 0 bridgehead atoms. The number of nitrogens with one attached hydrogen (secondary N) is 1. The molecule has 3 aromatic rings. The fraction of sp³-hybridized carbons (Fsp3) is 0.208. The molecule has 1 aromatic heterocycles. The third kappa shape index (κ3) is 6.57. The molecular weight excluding hydrogens is 396 g/mol. The van der Waals surface area contributed by atoms with E-state index in [1.807, 2.05) is 24.3 Å². The van der Waals surface area contributed by atoms with Crippen LogP contribution < -0.4 is 14.9 Å². The van der Waals surface area contributed by atoms with E-state index in [9.17, 15) is 9.59 Å². The largest absolute Gasteiger partial charge is 0.484 e. The Morgan fingerprint density at radius 2 is 1.68 bits per heavy atom. The third-order valence-corrected chi connectivity index (χ3v) is 4.31. The molecule has 1 heterocycles. The summed E-state index contributed by atoms with van der Waals surface area (Å²) in [5, 5.41) is 3.90. The van der Waals surface area contributed by atoms with Gasteiger partial charge in [0.25, 0.3) is 5.91 Å². The highest BCUT2D eigenvalue weighted by molar-refractivity contribution is 5.88. The molecule has 1 N–H and O–H groups in total. The smallest absolute Gasteiger partial charge is 0.379 e. The van der Waals surface area contributed by atoms with Crippen molar-refractivity contribution in [3.63, 3.8) is 0 Å². The van der Waals surface area contributed by atoms with Gasteiger partial charge in [-0.2, -0.15) is 5.10 Å². The summed E-state index contributed by atoms with van der Waals surface area (Å²) in [6, 6.07) is 17.4. The Morgan fingerprint density at radius 3 is 2.29 bits per heavy atom. The first kappa shape index (κ1) is 21.8. The molecule has 0 spiro atoms. The van der Waals surface area contributed by atoms with Crippen LogP contribution in [-0.4, -0.2) is 24.7 Å². The van der Waals surface area contributed by atoms with Crippen molar-refractivity contribution in [1.82, 2.24) is 5.43 Å². The zero-order valence-corrected chi connectivity index (χ0v) is 17.6. The number of benzene rings is 2. The quantitative estimate of drug-likeness (QED) is 0.266. The van der Waals surface area contributed by atoms with E-state index in [0.717, 1.165) is 5.56 Å². The average molecular weight is 420 g/mol. The normalized spacial score (nSPS) is 11.3. The number of carbonyl (C=O) groups excluding carboxylic acids is 2. The number of furan rings is 1. The number of rotatable bonds is 7. The van der Waals surface area contributed by atoms with Crippen LogP contribution in [0.2, 0.25) is 0 Å². The topological polar surface area (TPSA) is 90.1 Å². The van der Waals surface area contributed by atoms with Gasteiger partial charge in [-0.05, 0) is 65.1 Å². The fourth-order valence-corrected chi connectivity index (χ4v) is 2.59. The number of esters is 1. The average Bonchev–Trinajstić information content (AvgIpc) is 3.28. The second-order valence-corrected chi connectivity index (χ2v) is 7.79. The zero-order valence-electron chi connectivity index (χ0n) is 17.6. The number of hydrogen-bond donors (Lipinski definition) is 1. The Bertz CT molecular complexity index is 1030. The first-order valence-electron chi connectivity index (χ1n) is 9.72. The van der Waals surface area contributed by atoms with Crippen LogP contribution in [0.5, 0.6) is 11.5 Å². The Balaban J connectivity index is 1.43. The zero-order chi connectivity index (χ0) is 22.3. The fourth-order valence-electron chi connectivity index (χ4n) is 2.59. The Morgan fingerprint density at radius 1 is 1.00 bits per heavy atom. The van der Waals surface area contributed by atoms with Crippen molar-refractivity contribution in [2.24, 2.45) is 5.10 Å². The summed E-state index contributed by atoms with van der Waals surface area (Å²) >= 11 is 0. The highest BCUT2D eigenvalue weighted by Gasteiger charge is 2.13. The van der Waals surface area contributed by atoms with Gasteiger partial charge in [-0.15, -0.1) is 0 Å². The van der Waals surface area contributed by atoms with E-state index in [1.165, 1.54) is 24.1 Å². The molecule has 0 saturated heterocycles. The highest BCUT2D eigenvalue weighted by atomic mass is 16.5. The van der Waals surface area contributed by atoms with Gasteiger partial charge in [0.05, 0.1) is 12.5 Å². The van der Waals surface area contributed by atoms with E-state index >= 15 is 0 Å². The molecule has 0 atom stereocenters. The predicted molar refractivity (Wildman–Crippen MR) is 116 cm³/mol. The van der Waals surface area contributed by atoms with Crippen LogP contribution in [0.4, 0.5) is 0 Å². The third-order valence-electron chi connectivity index (χ3n) is 4.31. The molecule has 7 heteroatoms. The molecule has 160 valence electrons. The molecule has 31 heavy (non-hydrogen) atoms. The van der Waals surface area contributed by atoms with E-state index in [-0.39, 0.29) is 23.7 Å². The van der Waals surface area contributed by atoms with Gasteiger partial charge in [0.2, 0.25) is 5.76 Å². The lowest BCUT2D eigenvalue weighted by atomic mass is 9.87. The minimum Gasteiger partial charge on any atom is -0.484 e. The summed E-state index contributed by atoms with van der Waals surface area (Å²) in [7, 11) is 0. The first-order chi connectivity index (χ1) is 14.8. The molecule has 7 nitrogen and oxygen atoms in total. The maximum Gasteiger partial charge on any atom is 0.379 e. The maximum absolute atomic E-state index is 11.9. The molecular formula is C24H24N2O5. The van der Waals surface area contributed by atoms with E-state index < -0.39 is 5.97 Å². The second-order valence-electron chi connectivity index (χ2n) is 7.79. The molecule has 0 unspecified atom stereocenters. The molecule has 1 amide bonds. The number of ether oxygens (including phenoxy) is 2. The SMILES string of the molecule is CC(C)(C)c1ccc(OCC(=O)NN=Cc2ccc(OC(=O)c3ccco3)cc2)cc1. The van der Waals surface area contributed by atoms with Gasteiger partial charge in [-0.25, -0.2) is 10.2 Å². The van der Waals surface area contributed by atoms with Gasteiger partial charge < -0.3 is 13.9 Å². The summed E-state index contributed by atoms with van der Waals surface area (Å²) in [5.41, 5.74) is 4.38. The molecule has 0 saturated carbocycles. The molecule has 0 radical (unpaired) electrons. The van der Waals surface area contributed by atoms with E-state index in [4.69, 9.17) is 13.9 Å². The van der Waals surface area contributed by atoms with Gasteiger partial charge >= 0.3 is 5.97 Å².